The number of ether oxygens (including phenoxy) is 1. The highest BCUT2D eigenvalue weighted by molar-refractivity contribution is 7.11. The number of benzene rings is 1. The number of rotatable bonds is 7. The second kappa shape index (κ2) is 10.2. The second-order valence-corrected chi connectivity index (χ2v) is 10.6. The van der Waals surface area contributed by atoms with E-state index in [0.29, 0.717) is 25.7 Å². The minimum Gasteiger partial charge on any atom is -0.381 e. The molecule has 2 aliphatic heterocycles. The largest absolute Gasteiger partial charge is 0.381 e. The van der Waals surface area contributed by atoms with Crippen molar-refractivity contribution in [2.45, 2.75) is 51.4 Å². The normalized spacial score (nSPS) is 21.7. The number of hydrogen-bond donors (Lipinski definition) is 1. The van der Waals surface area contributed by atoms with Crippen LogP contribution in [0.4, 0.5) is 0 Å². The molecule has 2 aliphatic rings. The Morgan fingerprint density at radius 3 is 2.94 bits per heavy atom. The summed E-state index contributed by atoms with van der Waals surface area (Å²) in [6, 6.07) is 8.99. The molecule has 2 aromatic rings. The Kier molecular flexibility index (Phi) is 7.41. The van der Waals surface area contributed by atoms with E-state index in [1.165, 1.54) is 35.4 Å². The van der Waals surface area contributed by atoms with Gasteiger partial charge >= 0.3 is 0 Å². The van der Waals surface area contributed by atoms with Crippen molar-refractivity contribution in [1.29, 1.82) is 0 Å². The van der Waals surface area contributed by atoms with Gasteiger partial charge in [-0.1, -0.05) is 24.3 Å². The third-order valence-corrected chi connectivity index (χ3v) is 7.79. The molecule has 0 radical (unpaired) electrons. The molecule has 2 saturated heterocycles. The maximum atomic E-state index is 13.4. The predicted molar refractivity (Wildman–Crippen MR) is 126 cm³/mol. The van der Waals surface area contributed by atoms with E-state index < -0.39 is 0 Å². The van der Waals surface area contributed by atoms with Crippen LogP contribution < -0.4 is 5.32 Å². The number of amides is 1. The lowest BCUT2D eigenvalue weighted by Gasteiger charge is -2.36. The predicted octanol–water partition coefficient (Wildman–Crippen LogP) is 3.96. The van der Waals surface area contributed by atoms with E-state index in [1.54, 1.807) is 11.3 Å². The van der Waals surface area contributed by atoms with E-state index in [9.17, 15) is 4.79 Å². The summed E-state index contributed by atoms with van der Waals surface area (Å²) < 4.78 is 5.63. The van der Waals surface area contributed by atoms with Crippen molar-refractivity contribution in [2.75, 3.05) is 39.9 Å². The van der Waals surface area contributed by atoms with Gasteiger partial charge in [-0.3, -0.25) is 4.79 Å². The molecule has 0 saturated carbocycles. The molecule has 1 aromatic heterocycles. The number of aromatic nitrogens is 1. The van der Waals surface area contributed by atoms with Gasteiger partial charge in [0, 0.05) is 43.8 Å². The molecule has 6 heteroatoms. The fourth-order valence-electron chi connectivity index (χ4n) is 5.02. The molecule has 168 valence electrons. The Hall–Kier alpha value is -1.76. The van der Waals surface area contributed by atoms with Gasteiger partial charge in [-0.25, -0.2) is 4.98 Å². The Bertz CT molecular complexity index is 875. The molecule has 5 nitrogen and oxygen atoms in total. The summed E-state index contributed by atoms with van der Waals surface area (Å²) in [4.78, 5) is 21.4. The highest BCUT2D eigenvalue weighted by Crippen LogP contribution is 2.36. The first kappa shape index (κ1) is 22.4. The molecule has 3 heterocycles. The second-order valence-electron chi connectivity index (χ2n) is 9.29. The first-order valence-electron chi connectivity index (χ1n) is 11.6. The van der Waals surface area contributed by atoms with Gasteiger partial charge in [-0.15, -0.1) is 11.3 Å². The molecule has 1 unspecified atom stereocenters. The first-order chi connectivity index (χ1) is 15.0. The number of carbonyl (C=O) groups excluding carboxylic acids is 1. The monoisotopic (exact) mass is 441 g/mol. The zero-order valence-corrected chi connectivity index (χ0v) is 19.7. The van der Waals surface area contributed by atoms with Crippen molar-refractivity contribution in [3.63, 3.8) is 0 Å². The molecule has 2 fully saturated rings. The Morgan fingerprint density at radius 2 is 2.19 bits per heavy atom. The molecule has 4 rings (SSSR count). The zero-order valence-electron chi connectivity index (χ0n) is 18.9. The van der Waals surface area contributed by atoms with E-state index in [4.69, 9.17) is 4.74 Å². The molecule has 1 amide bonds. The minimum absolute atomic E-state index is 0.173. The van der Waals surface area contributed by atoms with E-state index >= 15 is 0 Å². The average molecular weight is 442 g/mol. The molecule has 31 heavy (non-hydrogen) atoms. The maximum Gasteiger partial charge on any atom is 0.226 e. The van der Waals surface area contributed by atoms with Crippen LogP contribution in [0.2, 0.25) is 0 Å². The van der Waals surface area contributed by atoms with E-state index in [0.717, 1.165) is 37.2 Å². The number of likely N-dealkylation sites (N-methyl/N-ethyl adjacent to an activating group) is 1. The topological polar surface area (TPSA) is 54.5 Å². The summed E-state index contributed by atoms with van der Waals surface area (Å²) >= 11 is 1.71. The zero-order chi connectivity index (χ0) is 21.7. The highest BCUT2D eigenvalue weighted by atomic mass is 32.1. The quantitative estimate of drug-likeness (QED) is 0.707. The van der Waals surface area contributed by atoms with Gasteiger partial charge < -0.3 is 15.0 Å². The van der Waals surface area contributed by atoms with Crippen LogP contribution >= 0.6 is 11.3 Å². The molecule has 0 bridgehead atoms. The van der Waals surface area contributed by atoms with Crippen LogP contribution in [0, 0.1) is 12.3 Å². The highest BCUT2D eigenvalue weighted by Gasteiger charge is 2.40. The maximum absolute atomic E-state index is 13.4. The number of likely N-dealkylation sites (tertiary alicyclic amines) is 1. The summed E-state index contributed by atoms with van der Waals surface area (Å²) in [5.41, 5.74) is 2.32. The van der Waals surface area contributed by atoms with Crippen LogP contribution in [0.3, 0.4) is 0 Å². The van der Waals surface area contributed by atoms with Gasteiger partial charge in [0.15, 0.2) is 0 Å². The van der Waals surface area contributed by atoms with Crippen LogP contribution in [-0.4, -0.2) is 55.7 Å². The number of piperidine rings is 1. The van der Waals surface area contributed by atoms with Crippen molar-refractivity contribution in [3.8, 4) is 0 Å². The van der Waals surface area contributed by atoms with Gasteiger partial charge in [-0.2, -0.15) is 0 Å². The van der Waals surface area contributed by atoms with Crippen molar-refractivity contribution in [1.82, 2.24) is 15.2 Å². The standard InChI is InChI=1S/C25H35N3O2S/c1-19-17-27-23(31-19)8-11-26-24(29)25(9-13-30-14-10-25)16-20-5-3-6-21(15-20)22-7-4-12-28(2)18-22/h3,5-6,15,17,22H,4,7-14,16,18H2,1-2H3,(H,26,29). The van der Waals surface area contributed by atoms with Crippen LogP contribution in [0.5, 0.6) is 0 Å². The molecule has 1 aromatic carbocycles. The fourth-order valence-corrected chi connectivity index (χ4v) is 5.81. The molecule has 1 atom stereocenters. The number of carbonyl (C=O) groups is 1. The van der Waals surface area contributed by atoms with Gasteiger partial charge in [0.25, 0.3) is 0 Å². The van der Waals surface area contributed by atoms with Crippen molar-refractivity contribution < 1.29 is 9.53 Å². The summed E-state index contributed by atoms with van der Waals surface area (Å²) in [6.45, 7) is 6.34. The number of nitrogens with one attached hydrogen (secondary N) is 1. The number of aryl methyl sites for hydroxylation is 1. The molecular formula is C25H35N3O2S. The van der Waals surface area contributed by atoms with Crippen LogP contribution in [-0.2, 0) is 22.4 Å². The number of thiazole rings is 1. The van der Waals surface area contributed by atoms with Crippen molar-refractivity contribution in [2.24, 2.45) is 5.41 Å². The average Bonchev–Trinajstić information content (AvgIpc) is 3.19. The molecule has 1 N–H and O–H groups in total. The summed E-state index contributed by atoms with van der Waals surface area (Å²) in [5, 5.41) is 4.31. The summed E-state index contributed by atoms with van der Waals surface area (Å²) in [6.07, 6.45) is 7.56. The Labute approximate surface area is 190 Å². The SMILES string of the molecule is Cc1cnc(CCNC(=O)C2(Cc3cccc(C4CCCN(C)C4)c3)CCOCC2)s1. The van der Waals surface area contributed by atoms with Crippen LogP contribution in [0.25, 0.3) is 0 Å². The lowest BCUT2D eigenvalue weighted by atomic mass is 9.74. The summed E-state index contributed by atoms with van der Waals surface area (Å²) in [5.74, 6) is 0.770. The number of nitrogens with zero attached hydrogens (tertiary/aromatic N) is 2. The lowest BCUT2D eigenvalue weighted by Crippen LogP contribution is -2.46. The first-order valence-corrected chi connectivity index (χ1v) is 12.4. The smallest absolute Gasteiger partial charge is 0.226 e. The fraction of sp³-hybridized carbons (Fsp3) is 0.600. The van der Waals surface area contributed by atoms with Gasteiger partial charge in [-0.05, 0) is 69.7 Å². The van der Waals surface area contributed by atoms with E-state index in [-0.39, 0.29) is 11.3 Å². The van der Waals surface area contributed by atoms with Crippen LogP contribution in [0.15, 0.2) is 30.5 Å². The van der Waals surface area contributed by atoms with Crippen molar-refractivity contribution >= 4 is 17.2 Å². The molecule has 0 aliphatic carbocycles. The van der Waals surface area contributed by atoms with Gasteiger partial charge in [0.1, 0.15) is 0 Å². The third-order valence-electron chi connectivity index (χ3n) is 6.81. The molecular weight excluding hydrogens is 406 g/mol. The van der Waals surface area contributed by atoms with Crippen LogP contribution in [0.1, 0.15) is 52.6 Å². The Balaban J connectivity index is 1.43. The van der Waals surface area contributed by atoms with Gasteiger partial charge in [0.05, 0.1) is 10.4 Å². The number of hydrogen-bond acceptors (Lipinski definition) is 5. The van der Waals surface area contributed by atoms with E-state index in [2.05, 4.69) is 53.4 Å². The third kappa shape index (κ3) is 5.73. The lowest BCUT2D eigenvalue weighted by molar-refractivity contribution is -0.136. The Morgan fingerprint density at radius 1 is 1.35 bits per heavy atom. The molecule has 0 spiro atoms. The van der Waals surface area contributed by atoms with E-state index in [1.807, 2.05) is 6.20 Å². The van der Waals surface area contributed by atoms with Crippen molar-refractivity contribution in [3.05, 3.63) is 51.5 Å². The van der Waals surface area contributed by atoms with Gasteiger partial charge in [0.2, 0.25) is 5.91 Å². The minimum atomic E-state index is -0.376. The summed E-state index contributed by atoms with van der Waals surface area (Å²) in [7, 11) is 2.21.